The molecule has 2 aromatic rings. The molecule has 0 aliphatic heterocycles. The number of nitrogens with two attached hydrogens (primary N) is 1. The summed E-state index contributed by atoms with van der Waals surface area (Å²) < 4.78 is 1.86. The molecule has 1 heterocycles. The van der Waals surface area contributed by atoms with Gasteiger partial charge in [-0.25, -0.2) is 4.68 Å². The van der Waals surface area contributed by atoms with Crippen LogP contribution in [0.15, 0.2) is 36.5 Å². The van der Waals surface area contributed by atoms with Crippen molar-refractivity contribution in [1.82, 2.24) is 9.78 Å². The van der Waals surface area contributed by atoms with Crippen molar-refractivity contribution in [1.29, 1.82) is 0 Å². The normalized spacial score (nSPS) is 9.73. The lowest BCUT2D eigenvalue weighted by atomic mass is 10.2. The Bertz CT molecular complexity index is 420. The lowest BCUT2D eigenvalue weighted by Gasteiger charge is -2.02. The van der Waals surface area contributed by atoms with E-state index in [1.165, 1.54) is 0 Å². The van der Waals surface area contributed by atoms with Crippen LogP contribution in [-0.4, -0.2) is 9.78 Å². The van der Waals surface area contributed by atoms with Gasteiger partial charge in [-0.2, -0.15) is 5.10 Å². The summed E-state index contributed by atoms with van der Waals surface area (Å²) in [6.07, 6.45) is 1.95. The van der Waals surface area contributed by atoms with Crippen molar-refractivity contribution in [3.8, 4) is 5.69 Å². The van der Waals surface area contributed by atoms with E-state index in [1.54, 1.807) is 0 Å². The van der Waals surface area contributed by atoms with Crippen LogP contribution in [0, 0.1) is 6.92 Å². The summed E-state index contributed by atoms with van der Waals surface area (Å²) in [5.41, 5.74) is 8.74. The van der Waals surface area contributed by atoms with E-state index < -0.39 is 0 Å². The molecule has 0 atom stereocenters. The lowest BCUT2D eigenvalue weighted by Crippen LogP contribution is -1.98. The first kappa shape index (κ1) is 11.8. The van der Waals surface area contributed by atoms with Crippen LogP contribution in [0.4, 0.5) is 0 Å². The molecule has 1 aromatic heterocycles. The highest BCUT2D eigenvalue weighted by Gasteiger charge is 1.97. The number of rotatable bonds is 2. The van der Waals surface area contributed by atoms with Crippen molar-refractivity contribution < 1.29 is 0 Å². The largest absolute Gasteiger partial charge is 0.326 e. The molecular weight excluding hydrogens is 210 g/mol. The Kier molecular flexibility index (Phi) is 3.88. The first-order chi connectivity index (χ1) is 6.79. The van der Waals surface area contributed by atoms with Gasteiger partial charge in [-0.1, -0.05) is 12.1 Å². The molecule has 0 fully saturated rings. The van der Waals surface area contributed by atoms with Crippen LogP contribution in [0.2, 0.25) is 0 Å². The molecule has 0 radical (unpaired) electrons. The van der Waals surface area contributed by atoms with Gasteiger partial charge in [0.25, 0.3) is 0 Å². The summed E-state index contributed by atoms with van der Waals surface area (Å²) >= 11 is 0. The van der Waals surface area contributed by atoms with E-state index in [0.29, 0.717) is 6.54 Å². The van der Waals surface area contributed by atoms with Gasteiger partial charge < -0.3 is 5.73 Å². The number of halogens is 1. The van der Waals surface area contributed by atoms with Crippen molar-refractivity contribution in [2.24, 2.45) is 5.73 Å². The Morgan fingerprint density at radius 2 is 1.87 bits per heavy atom. The van der Waals surface area contributed by atoms with Crippen LogP contribution in [0.25, 0.3) is 5.69 Å². The van der Waals surface area contributed by atoms with Crippen molar-refractivity contribution >= 4 is 12.4 Å². The number of aryl methyl sites for hydroxylation is 1. The van der Waals surface area contributed by atoms with Crippen molar-refractivity contribution in [2.45, 2.75) is 13.5 Å². The average Bonchev–Trinajstić information content (AvgIpc) is 2.65. The van der Waals surface area contributed by atoms with E-state index in [1.807, 2.05) is 48.1 Å². The Labute approximate surface area is 95.3 Å². The fourth-order valence-corrected chi connectivity index (χ4v) is 1.34. The fraction of sp³-hybridized carbons (Fsp3) is 0.182. The standard InChI is InChI=1S/C11H13N3.ClH/c1-9-6-7-14(13-9)11-4-2-10(8-12)3-5-11;/h2-7H,8,12H2,1H3;1H. The third kappa shape index (κ3) is 2.58. The highest BCUT2D eigenvalue weighted by Crippen LogP contribution is 2.08. The van der Waals surface area contributed by atoms with Crippen LogP contribution in [0.5, 0.6) is 0 Å². The molecule has 4 heteroatoms. The second kappa shape index (κ2) is 4.96. The summed E-state index contributed by atoms with van der Waals surface area (Å²) in [7, 11) is 0. The Morgan fingerprint density at radius 3 is 2.33 bits per heavy atom. The average molecular weight is 224 g/mol. The van der Waals surface area contributed by atoms with Gasteiger partial charge in [0, 0.05) is 12.7 Å². The molecule has 0 aliphatic carbocycles. The van der Waals surface area contributed by atoms with Gasteiger partial charge in [0.05, 0.1) is 11.4 Å². The zero-order valence-corrected chi connectivity index (χ0v) is 9.37. The lowest BCUT2D eigenvalue weighted by molar-refractivity contribution is 0.861. The number of hydrogen-bond acceptors (Lipinski definition) is 2. The molecule has 0 spiro atoms. The predicted molar refractivity (Wildman–Crippen MR) is 63.4 cm³/mol. The molecule has 0 saturated carbocycles. The van der Waals surface area contributed by atoms with Crippen LogP contribution in [-0.2, 0) is 6.54 Å². The van der Waals surface area contributed by atoms with Gasteiger partial charge in [0.15, 0.2) is 0 Å². The molecule has 1 aromatic carbocycles. The Balaban J connectivity index is 0.00000112. The summed E-state index contributed by atoms with van der Waals surface area (Å²) in [5.74, 6) is 0. The molecule has 3 nitrogen and oxygen atoms in total. The SMILES string of the molecule is Cc1ccn(-c2ccc(CN)cc2)n1.Cl. The zero-order chi connectivity index (χ0) is 9.97. The highest BCUT2D eigenvalue weighted by molar-refractivity contribution is 5.85. The number of hydrogen-bond donors (Lipinski definition) is 1. The van der Waals surface area contributed by atoms with Gasteiger partial charge in [0.2, 0.25) is 0 Å². The van der Waals surface area contributed by atoms with Crippen molar-refractivity contribution in [3.63, 3.8) is 0 Å². The van der Waals surface area contributed by atoms with E-state index in [2.05, 4.69) is 5.10 Å². The van der Waals surface area contributed by atoms with Crippen LogP contribution < -0.4 is 5.73 Å². The number of aromatic nitrogens is 2. The van der Waals surface area contributed by atoms with Crippen LogP contribution >= 0.6 is 12.4 Å². The van der Waals surface area contributed by atoms with Crippen molar-refractivity contribution in [3.05, 3.63) is 47.8 Å². The molecule has 0 unspecified atom stereocenters. The van der Waals surface area contributed by atoms with E-state index in [9.17, 15) is 0 Å². The summed E-state index contributed by atoms with van der Waals surface area (Å²) in [4.78, 5) is 0. The Hall–Kier alpha value is -1.32. The third-order valence-corrected chi connectivity index (χ3v) is 2.16. The van der Waals surface area contributed by atoms with Gasteiger partial charge in [-0.15, -0.1) is 12.4 Å². The topological polar surface area (TPSA) is 43.8 Å². The monoisotopic (exact) mass is 223 g/mol. The predicted octanol–water partition coefficient (Wildman–Crippen LogP) is 2.06. The maximum Gasteiger partial charge on any atom is 0.0645 e. The molecule has 0 aliphatic rings. The minimum absolute atomic E-state index is 0. The van der Waals surface area contributed by atoms with Crippen molar-refractivity contribution in [2.75, 3.05) is 0 Å². The van der Waals surface area contributed by atoms with E-state index in [-0.39, 0.29) is 12.4 Å². The fourth-order valence-electron chi connectivity index (χ4n) is 1.34. The zero-order valence-electron chi connectivity index (χ0n) is 8.55. The van der Waals surface area contributed by atoms with Gasteiger partial charge >= 0.3 is 0 Å². The second-order valence-corrected chi connectivity index (χ2v) is 3.27. The summed E-state index contributed by atoms with van der Waals surface area (Å²) in [5, 5.41) is 4.32. The smallest absolute Gasteiger partial charge is 0.0645 e. The summed E-state index contributed by atoms with van der Waals surface area (Å²) in [6, 6.07) is 10.1. The van der Waals surface area contributed by atoms with E-state index >= 15 is 0 Å². The Morgan fingerprint density at radius 1 is 1.20 bits per heavy atom. The molecule has 80 valence electrons. The number of benzene rings is 1. The van der Waals surface area contributed by atoms with Crippen LogP contribution in [0.3, 0.4) is 0 Å². The maximum atomic E-state index is 5.52. The van der Waals surface area contributed by atoms with E-state index in [4.69, 9.17) is 5.73 Å². The minimum atomic E-state index is 0. The molecular formula is C11H14ClN3. The highest BCUT2D eigenvalue weighted by atomic mass is 35.5. The van der Waals surface area contributed by atoms with E-state index in [0.717, 1.165) is 16.9 Å². The third-order valence-electron chi connectivity index (χ3n) is 2.16. The summed E-state index contributed by atoms with van der Waals surface area (Å²) in [6.45, 7) is 2.56. The molecule has 0 amide bonds. The van der Waals surface area contributed by atoms with Gasteiger partial charge in [-0.3, -0.25) is 0 Å². The molecule has 2 rings (SSSR count). The first-order valence-electron chi connectivity index (χ1n) is 4.61. The molecule has 0 saturated heterocycles. The minimum Gasteiger partial charge on any atom is -0.326 e. The molecule has 0 bridgehead atoms. The van der Waals surface area contributed by atoms with Gasteiger partial charge in [-0.05, 0) is 30.7 Å². The van der Waals surface area contributed by atoms with Crippen LogP contribution in [0.1, 0.15) is 11.3 Å². The number of nitrogens with zero attached hydrogens (tertiary/aromatic N) is 2. The second-order valence-electron chi connectivity index (χ2n) is 3.27. The first-order valence-corrected chi connectivity index (χ1v) is 4.61. The maximum absolute atomic E-state index is 5.52. The molecule has 2 N–H and O–H groups in total. The molecule has 15 heavy (non-hydrogen) atoms. The quantitative estimate of drug-likeness (QED) is 0.847. The van der Waals surface area contributed by atoms with Gasteiger partial charge in [0.1, 0.15) is 0 Å².